The first-order valence-corrected chi connectivity index (χ1v) is 8.96. The summed E-state index contributed by atoms with van der Waals surface area (Å²) in [5.74, 6) is 0.605. The van der Waals surface area contributed by atoms with Gasteiger partial charge in [-0.25, -0.2) is 0 Å². The fourth-order valence-electron chi connectivity index (χ4n) is 2.65. The molecule has 5 nitrogen and oxygen atoms in total. The van der Waals surface area contributed by atoms with Crippen LogP contribution in [0.1, 0.15) is 54.0 Å². The lowest BCUT2D eigenvalue weighted by Crippen LogP contribution is -2.41. The van der Waals surface area contributed by atoms with Gasteiger partial charge in [-0.1, -0.05) is 19.1 Å². The molecule has 0 radical (unpaired) electrons. The lowest BCUT2D eigenvalue weighted by Gasteiger charge is -2.32. The number of aryl methyl sites for hydroxylation is 1. The van der Waals surface area contributed by atoms with Crippen molar-refractivity contribution in [2.45, 2.75) is 72.1 Å². The van der Waals surface area contributed by atoms with E-state index in [0.717, 1.165) is 23.2 Å². The van der Waals surface area contributed by atoms with Crippen LogP contribution in [0.3, 0.4) is 0 Å². The Labute approximate surface area is 151 Å². The van der Waals surface area contributed by atoms with Crippen LogP contribution in [-0.2, 0) is 20.5 Å². The average Bonchev–Trinajstić information content (AvgIpc) is 2.72. The van der Waals surface area contributed by atoms with Crippen LogP contribution in [0.2, 0.25) is 0 Å². The summed E-state index contributed by atoms with van der Waals surface area (Å²) < 4.78 is 17.9. The van der Waals surface area contributed by atoms with E-state index in [-0.39, 0.29) is 29.8 Å². The minimum Gasteiger partial charge on any atom is -0.483 e. The third-order valence-electron chi connectivity index (χ3n) is 4.80. The molecule has 1 saturated heterocycles. The van der Waals surface area contributed by atoms with Crippen LogP contribution in [0.25, 0.3) is 0 Å². The van der Waals surface area contributed by atoms with Gasteiger partial charge in [0.2, 0.25) is 0 Å². The SMILES string of the molecule is CCc1cc(B2OC(C)(C)C(C)(C)O2)ccc1OCC(=O)NC(C)C. The maximum atomic E-state index is 11.8. The van der Waals surface area contributed by atoms with Gasteiger partial charge < -0.3 is 19.4 Å². The second-order valence-electron chi connectivity index (χ2n) is 7.82. The molecule has 0 bridgehead atoms. The third-order valence-corrected chi connectivity index (χ3v) is 4.80. The molecule has 0 spiro atoms. The molecule has 0 aliphatic carbocycles. The summed E-state index contributed by atoms with van der Waals surface area (Å²) >= 11 is 0. The van der Waals surface area contributed by atoms with E-state index in [2.05, 4.69) is 12.2 Å². The molecule has 0 atom stereocenters. The topological polar surface area (TPSA) is 56.8 Å². The van der Waals surface area contributed by atoms with Gasteiger partial charge in [0.25, 0.3) is 5.91 Å². The standard InChI is InChI=1S/C19H30BNO4/c1-8-14-11-15(20-24-18(4,5)19(6,7)25-20)9-10-16(14)23-12-17(22)21-13(2)3/h9-11,13H,8,12H2,1-7H3,(H,21,22). The number of ether oxygens (including phenoxy) is 1. The van der Waals surface area contributed by atoms with Gasteiger partial charge in [0.1, 0.15) is 5.75 Å². The molecule has 138 valence electrons. The zero-order chi connectivity index (χ0) is 18.8. The molecule has 1 aromatic carbocycles. The molecule has 2 rings (SSSR count). The number of benzene rings is 1. The number of amides is 1. The van der Waals surface area contributed by atoms with E-state index in [1.54, 1.807) is 0 Å². The van der Waals surface area contributed by atoms with E-state index < -0.39 is 7.12 Å². The number of hydrogen-bond acceptors (Lipinski definition) is 4. The predicted octanol–water partition coefficient (Wildman–Crippen LogP) is 2.45. The quantitative estimate of drug-likeness (QED) is 0.803. The van der Waals surface area contributed by atoms with Gasteiger partial charge >= 0.3 is 7.12 Å². The second kappa shape index (κ2) is 7.38. The zero-order valence-corrected chi connectivity index (χ0v) is 16.4. The summed E-state index contributed by atoms with van der Waals surface area (Å²) in [4.78, 5) is 11.8. The van der Waals surface area contributed by atoms with Crippen molar-refractivity contribution in [3.05, 3.63) is 23.8 Å². The van der Waals surface area contributed by atoms with E-state index >= 15 is 0 Å². The average molecular weight is 347 g/mol. The Balaban J connectivity index is 2.11. The van der Waals surface area contributed by atoms with Gasteiger partial charge in [-0.05, 0) is 65.1 Å². The number of nitrogens with one attached hydrogen (secondary N) is 1. The second-order valence-corrected chi connectivity index (χ2v) is 7.82. The number of carbonyl (C=O) groups is 1. The van der Waals surface area contributed by atoms with Crippen molar-refractivity contribution in [2.75, 3.05) is 6.61 Å². The van der Waals surface area contributed by atoms with Crippen LogP contribution in [0, 0.1) is 0 Å². The Kier molecular flexibility index (Phi) is 5.84. The van der Waals surface area contributed by atoms with E-state index in [0.29, 0.717) is 0 Å². The molecule has 0 unspecified atom stereocenters. The molecule has 1 amide bonds. The van der Waals surface area contributed by atoms with Crippen molar-refractivity contribution in [3.63, 3.8) is 0 Å². The van der Waals surface area contributed by atoms with Crippen LogP contribution < -0.4 is 15.5 Å². The molecule has 0 aromatic heterocycles. The molecular weight excluding hydrogens is 317 g/mol. The lowest BCUT2D eigenvalue weighted by molar-refractivity contribution is -0.123. The van der Waals surface area contributed by atoms with E-state index in [1.165, 1.54) is 0 Å². The summed E-state index contributed by atoms with van der Waals surface area (Å²) in [7, 11) is -0.395. The minimum absolute atomic E-state index is 0.0149. The largest absolute Gasteiger partial charge is 0.494 e. The van der Waals surface area contributed by atoms with Crippen LogP contribution in [0.15, 0.2) is 18.2 Å². The van der Waals surface area contributed by atoms with Crippen LogP contribution >= 0.6 is 0 Å². The van der Waals surface area contributed by atoms with E-state index in [1.807, 2.05) is 59.7 Å². The molecule has 1 heterocycles. The summed E-state index contributed by atoms with van der Waals surface area (Å²) in [6.07, 6.45) is 0.800. The molecule has 0 saturated carbocycles. The Morgan fingerprint density at radius 2 is 1.80 bits per heavy atom. The zero-order valence-electron chi connectivity index (χ0n) is 16.4. The highest BCUT2D eigenvalue weighted by Crippen LogP contribution is 2.36. The summed E-state index contributed by atoms with van der Waals surface area (Å²) in [5, 5.41) is 2.82. The molecular formula is C19H30BNO4. The number of rotatable bonds is 6. The van der Waals surface area contributed by atoms with Crippen molar-refractivity contribution >= 4 is 18.5 Å². The first-order chi connectivity index (χ1) is 11.6. The van der Waals surface area contributed by atoms with Gasteiger partial charge in [0, 0.05) is 6.04 Å². The maximum Gasteiger partial charge on any atom is 0.494 e. The first-order valence-electron chi connectivity index (χ1n) is 8.96. The molecule has 1 aromatic rings. The Hall–Kier alpha value is -1.53. The van der Waals surface area contributed by atoms with Crippen molar-refractivity contribution in [1.29, 1.82) is 0 Å². The maximum absolute atomic E-state index is 11.8. The molecule has 25 heavy (non-hydrogen) atoms. The Bertz CT molecular complexity index is 612. The van der Waals surface area contributed by atoms with Gasteiger partial charge in [0.05, 0.1) is 11.2 Å². The van der Waals surface area contributed by atoms with E-state index in [4.69, 9.17) is 14.0 Å². The van der Waals surface area contributed by atoms with Gasteiger partial charge in [-0.3, -0.25) is 4.79 Å². The normalized spacial score (nSPS) is 18.5. The molecule has 6 heteroatoms. The fourth-order valence-corrected chi connectivity index (χ4v) is 2.65. The van der Waals surface area contributed by atoms with Crippen molar-refractivity contribution in [3.8, 4) is 5.75 Å². The molecule has 1 N–H and O–H groups in total. The monoisotopic (exact) mass is 347 g/mol. The highest BCUT2D eigenvalue weighted by Gasteiger charge is 2.51. The van der Waals surface area contributed by atoms with Gasteiger partial charge in [-0.15, -0.1) is 0 Å². The van der Waals surface area contributed by atoms with Crippen LogP contribution in [0.5, 0.6) is 5.75 Å². The van der Waals surface area contributed by atoms with Crippen LogP contribution in [0.4, 0.5) is 0 Å². The lowest BCUT2D eigenvalue weighted by atomic mass is 9.78. The van der Waals surface area contributed by atoms with E-state index in [9.17, 15) is 4.79 Å². The summed E-state index contributed by atoms with van der Waals surface area (Å²) in [6.45, 7) is 14.1. The smallest absolute Gasteiger partial charge is 0.483 e. The van der Waals surface area contributed by atoms with Crippen molar-refractivity contribution in [2.24, 2.45) is 0 Å². The Morgan fingerprint density at radius 1 is 1.20 bits per heavy atom. The highest BCUT2D eigenvalue weighted by atomic mass is 16.7. The fraction of sp³-hybridized carbons (Fsp3) is 0.632. The van der Waals surface area contributed by atoms with Crippen LogP contribution in [-0.4, -0.2) is 36.9 Å². The first kappa shape index (κ1) is 19.8. The summed E-state index contributed by atoms with van der Waals surface area (Å²) in [6, 6.07) is 5.98. The number of carbonyl (C=O) groups excluding carboxylic acids is 1. The summed E-state index contributed by atoms with van der Waals surface area (Å²) in [5.41, 5.74) is 1.27. The minimum atomic E-state index is -0.395. The molecule has 1 aliphatic heterocycles. The van der Waals surface area contributed by atoms with Gasteiger partial charge in [-0.2, -0.15) is 0 Å². The van der Waals surface area contributed by atoms with Gasteiger partial charge in [0.15, 0.2) is 6.61 Å². The molecule has 1 aliphatic rings. The predicted molar refractivity (Wildman–Crippen MR) is 100 cm³/mol. The Morgan fingerprint density at radius 3 is 2.32 bits per heavy atom. The van der Waals surface area contributed by atoms with Crippen molar-refractivity contribution < 1.29 is 18.8 Å². The molecule has 1 fully saturated rings. The van der Waals surface area contributed by atoms with Crippen molar-refractivity contribution in [1.82, 2.24) is 5.32 Å². The number of hydrogen-bond donors (Lipinski definition) is 1. The third kappa shape index (κ3) is 4.56. The highest BCUT2D eigenvalue weighted by molar-refractivity contribution is 6.62.